The second-order valence-corrected chi connectivity index (χ2v) is 25.4. The first-order valence-corrected chi connectivity index (χ1v) is 31.6. The molecule has 0 bridgehead atoms. The third-order valence-corrected chi connectivity index (χ3v) is 16.0. The number of nitrogens with two attached hydrogens (primary N) is 1. The highest BCUT2D eigenvalue weighted by molar-refractivity contribution is 5.69. The number of piperazine rings is 2. The van der Waals surface area contributed by atoms with Crippen LogP contribution in [0.2, 0.25) is 0 Å². The van der Waals surface area contributed by atoms with Gasteiger partial charge in [0, 0.05) is 142 Å². The maximum atomic E-state index is 13.9. The zero-order valence-corrected chi connectivity index (χ0v) is 53.4. The molecule has 6 heterocycles. The number of aldehydes is 1. The van der Waals surface area contributed by atoms with Crippen LogP contribution in [0.25, 0.3) is 34.2 Å². The summed E-state index contributed by atoms with van der Waals surface area (Å²) in [4.78, 5) is 97.2. The summed E-state index contributed by atoms with van der Waals surface area (Å²) in [5, 5.41) is 3.62. The number of anilines is 2. The number of carbonyl (C=O) groups is 3. The summed E-state index contributed by atoms with van der Waals surface area (Å²) < 4.78 is 40.0. The maximum absolute atomic E-state index is 13.9. The van der Waals surface area contributed by atoms with Gasteiger partial charge in [-0.1, -0.05) is 24.3 Å². The zero-order chi connectivity index (χ0) is 65.8. The second-order valence-electron chi connectivity index (χ2n) is 25.4. The van der Waals surface area contributed by atoms with Crippen molar-refractivity contribution in [2.75, 3.05) is 68.7 Å². The van der Waals surface area contributed by atoms with Crippen molar-refractivity contribution in [2.45, 2.75) is 115 Å². The highest BCUT2D eigenvalue weighted by Crippen LogP contribution is 2.41. The topological polar surface area (TPSA) is 242 Å². The van der Waals surface area contributed by atoms with Gasteiger partial charge in [-0.2, -0.15) is 0 Å². The third kappa shape index (κ3) is 18.1. The van der Waals surface area contributed by atoms with E-state index >= 15 is 0 Å². The molecule has 0 radical (unpaired) electrons. The van der Waals surface area contributed by atoms with E-state index in [4.69, 9.17) is 20.2 Å². The summed E-state index contributed by atoms with van der Waals surface area (Å²) in [6.07, 6.45) is 14.7. The lowest BCUT2D eigenvalue weighted by molar-refractivity contribution is -0.107. The van der Waals surface area contributed by atoms with E-state index in [1.807, 2.05) is 130 Å². The van der Waals surface area contributed by atoms with E-state index < -0.39 is 11.2 Å². The van der Waals surface area contributed by atoms with E-state index in [0.29, 0.717) is 130 Å². The van der Waals surface area contributed by atoms with Crippen LogP contribution in [0, 0.1) is 11.6 Å². The van der Waals surface area contributed by atoms with Gasteiger partial charge in [-0.3, -0.25) is 18.7 Å². The van der Waals surface area contributed by atoms with Crippen LogP contribution in [0.3, 0.4) is 0 Å². The van der Waals surface area contributed by atoms with Gasteiger partial charge in [-0.05, 0) is 176 Å². The molecular weight excluding hydrogens is 1190 g/mol. The van der Waals surface area contributed by atoms with Crippen molar-refractivity contribution >= 4 is 30.1 Å². The monoisotopic (exact) mass is 1270 g/mol. The van der Waals surface area contributed by atoms with Crippen molar-refractivity contribution in [3.63, 3.8) is 0 Å². The molecule has 2 aliphatic heterocycles. The lowest BCUT2D eigenvalue weighted by Gasteiger charge is -2.36. The van der Waals surface area contributed by atoms with Crippen LogP contribution in [-0.4, -0.2) is 149 Å². The van der Waals surface area contributed by atoms with Crippen molar-refractivity contribution < 1.29 is 32.6 Å². The average molecular weight is 1270 g/mol. The van der Waals surface area contributed by atoms with Crippen LogP contribution in [0.1, 0.15) is 102 Å². The molecule has 4 aliphatic rings. The summed E-state index contributed by atoms with van der Waals surface area (Å²) in [7, 11) is 0. The number of nitrogens with one attached hydrogen (secondary N) is 1. The number of benzene rings is 4. The molecule has 2 saturated heterocycles. The van der Waals surface area contributed by atoms with Crippen LogP contribution in [0.5, 0.6) is 0 Å². The van der Waals surface area contributed by atoms with Crippen molar-refractivity contribution in [3.8, 4) is 34.2 Å². The summed E-state index contributed by atoms with van der Waals surface area (Å²) >= 11 is 0. The molecule has 4 fully saturated rings. The molecule has 2 saturated carbocycles. The molecule has 23 heteroatoms. The fourth-order valence-corrected chi connectivity index (χ4v) is 11.0. The van der Waals surface area contributed by atoms with E-state index in [1.165, 1.54) is 29.8 Å². The molecule has 2 aliphatic carbocycles. The quantitative estimate of drug-likeness (QED) is 0.0676. The normalized spacial score (nSPS) is 17.7. The second kappa shape index (κ2) is 29.8. The third-order valence-electron chi connectivity index (χ3n) is 16.0. The molecular formula is C70H80F2N14O7. The van der Waals surface area contributed by atoms with Gasteiger partial charge in [0.05, 0.1) is 11.4 Å². The largest absolute Gasteiger partial charge is 0.444 e. The first-order chi connectivity index (χ1) is 44.7. The molecule has 93 heavy (non-hydrogen) atoms. The smallest absolute Gasteiger partial charge is 0.410 e. The lowest BCUT2D eigenvalue weighted by Crippen LogP contribution is -2.51. The minimum absolute atomic E-state index is 0.178. The molecule has 0 spiro atoms. The maximum Gasteiger partial charge on any atom is 0.410 e. The van der Waals surface area contributed by atoms with Gasteiger partial charge in [0.2, 0.25) is 0 Å². The summed E-state index contributed by atoms with van der Waals surface area (Å²) in [5.41, 5.74) is 10.9. The summed E-state index contributed by atoms with van der Waals surface area (Å²) in [5.74, 6) is 2.40. The van der Waals surface area contributed by atoms with Gasteiger partial charge in [0.25, 0.3) is 11.1 Å². The van der Waals surface area contributed by atoms with Crippen LogP contribution in [0.4, 0.5) is 30.0 Å². The number of aryl methyl sites for hydroxylation is 2. The summed E-state index contributed by atoms with van der Waals surface area (Å²) in [6, 6.07) is 32.6. The Morgan fingerprint density at radius 2 is 0.968 bits per heavy atom. The standard InChI is InChI=1S/C35H40FN7O3.C26H30N6O4.C9H10FN/c1-35(2,3)46-34(45)42-20-18-41(19-21-42)32-33(44)43(28-13-9-25(10-14-28)31-38-16-5-17-39-31)23-27(40-32)6-4-15-37-30-22-29(30)24-7-11-26(36)12-8-24;1-26(2,3)36-25(35)31-15-13-30(14-16-31)23-24(34)32(18-20(29-23)6-4-17-33)21-9-7-19(8-10-21)22-27-11-5-12-28-22;10-7-3-1-6(2-4-7)8-5-9(8)11/h5,7-14,16-17,23,29-30,37H,4,6,15,18-22H2,1-3H3;5,7-12,17-18H,4,6,13-16H2,1-3H3;1-4,8-9H,5,11H2/t29-,30+;;8-,9+/m0.0/s1. The number of amides is 2. The predicted octanol–water partition coefficient (Wildman–Crippen LogP) is 9.48. The van der Waals surface area contributed by atoms with E-state index in [1.54, 1.807) is 62.1 Å². The van der Waals surface area contributed by atoms with Gasteiger partial charge >= 0.3 is 12.2 Å². The summed E-state index contributed by atoms with van der Waals surface area (Å²) in [6.45, 7) is 15.4. The average Bonchev–Trinajstić information content (AvgIpc) is 1.56. The Labute approximate surface area is 539 Å². The van der Waals surface area contributed by atoms with Crippen LogP contribution < -0.4 is 32.0 Å². The fourth-order valence-electron chi connectivity index (χ4n) is 11.0. The van der Waals surface area contributed by atoms with Gasteiger partial charge in [0.15, 0.2) is 23.3 Å². The molecule has 3 N–H and O–H groups in total. The Bertz CT molecular complexity index is 3930. The number of hydrogen-bond donors (Lipinski definition) is 2. The Hall–Kier alpha value is -9.61. The number of carbonyl (C=O) groups excluding carboxylic acids is 3. The number of aromatic nitrogens is 8. The van der Waals surface area contributed by atoms with Crippen LogP contribution in [-0.2, 0) is 27.1 Å². The van der Waals surface area contributed by atoms with Gasteiger partial charge in [0.1, 0.15) is 29.1 Å². The predicted molar refractivity (Wildman–Crippen MR) is 352 cm³/mol. The van der Waals surface area contributed by atoms with Gasteiger partial charge < -0.3 is 44.9 Å². The minimum Gasteiger partial charge on any atom is -0.444 e. The van der Waals surface area contributed by atoms with Gasteiger partial charge in [-0.25, -0.2) is 48.3 Å². The molecule has 4 aromatic carbocycles. The van der Waals surface area contributed by atoms with Crippen LogP contribution >= 0.6 is 0 Å². The zero-order valence-electron chi connectivity index (χ0n) is 53.4. The molecule has 4 atom stereocenters. The van der Waals surface area contributed by atoms with Crippen molar-refractivity contribution in [1.29, 1.82) is 0 Å². The number of hydrogen-bond acceptors (Lipinski definition) is 17. The lowest BCUT2D eigenvalue weighted by atomic mass is 10.1. The molecule has 0 unspecified atom stereocenters. The first kappa shape index (κ1) is 66.3. The Morgan fingerprint density at radius 1 is 0.570 bits per heavy atom. The molecule has 8 aromatic rings. The first-order valence-electron chi connectivity index (χ1n) is 31.6. The molecule has 21 nitrogen and oxygen atoms in total. The molecule has 4 aromatic heterocycles. The minimum atomic E-state index is -0.573. The van der Waals surface area contributed by atoms with E-state index in [2.05, 4.69) is 30.2 Å². The Balaban J connectivity index is 0.000000178. The number of ether oxygens (including phenoxy) is 2. The van der Waals surface area contributed by atoms with Gasteiger partial charge in [-0.15, -0.1) is 0 Å². The molecule has 2 amide bonds. The van der Waals surface area contributed by atoms with Crippen molar-refractivity contribution in [2.24, 2.45) is 5.73 Å². The number of halogens is 2. The Kier molecular flexibility index (Phi) is 21.2. The fraction of sp³-hybridized carbons (Fsp3) is 0.386. The molecule has 12 rings (SSSR count). The van der Waals surface area contributed by atoms with E-state index in [-0.39, 0.29) is 34.9 Å². The number of rotatable bonds is 16. The SMILES string of the molecule is CC(C)(C)OC(=O)N1CCN(c2nc(CCC=O)cn(-c3ccc(-c4ncccn4)cc3)c2=O)CC1.CC(C)(C)OC(=O)N1CCN(c2nc(CCCN[C@@H]3C[C@H]3c3ccc(F)cc3)cn(-c3ccc(-c4ncccn4)cc3)c2=O)CC1.N[C@@H]1C[C@H]1c1ccc(F)cc1. The highest BCUT2D eigenvalue weighted by atomic mass is 19.1. The van der Waals surface area contributed by atoms with Crippen molar-refractivity contribution in [1.82, 2.24) is 54.2 Å². The van der Waals surface area contributed by atoms with Crippen molar-refractivity contribution in [3.05, 3.63) is 201 Å². The Morgan fingerprint density at radius 3 is 1.35 bits per heavy atom. The van der Waals surface area contributed by atoms with E-state index in [0.717, 1.165) is 60.2 Å². The van der Waals surface area contributed by atoms with Crippen LogP contribution in [0.15, 0.2) is 156 Å². The van der Waals surface area contributed by atoms with E-state index in [9.17, 15) is 32.8 Å². The number of nitrogens with zero attached hydrogens (tertiary/aromatic N) is 12. The highest BCUT2D eigenvalue weighted by Gasteiger charge is 2.38. The molecule has 486 valence electrons.